The number of hydrogen-bond donors (Lipinski definition) is 0. The van der Waals surface area contributed by atoms with Gasteiger partial charge in [-0.05, 0) is 13.3 Å². The Hall–Kier alpha value is -0.750. The van der Waals surface area contributed by atoms with Crippen LogP contribution >= 0.6 is 23.1 Å². The molecular formula is C12H18N2O2S2. The van der Waals surface area contributed by atoms with Gasteiger partial charge in [0.05, 0.1) is 12.8 Å². The van der Waals surface area contributed by atoms with Crippen molar-refractivity contribution in [3.63, 3.8) is 0 Å². The summed E-state index contributed by atoms with van der Waals surface area (Å²) in [6.07, 6.45) is 1.18. The number of carbonyl (C=O) groups excluding carboxylic acids is 1. The van der Waals surface area contributed by atoms with Gasteiger partial charge in [0.25, 0.3) is 0 Å². The lowest BCUT2D eigenvalue weighted by atomic mass is 10.3. The fraction of sp³-hybridized carbons (Fsp3) is 0.667. The summed E-state index contributed by atoms with van der Waals surface area (Å²) < 4.78 is 4.77. The third-order valence-corrected chi connectivity index (χ3v) is 5.59. The molecule has 1 unspecified atom stereocenters. The molecule has 1 atom stereocenters. The van der Waals surface area contributed by atoms with Gasteiger partial charge in [0.1, 0.15) is 4.88 Å². The Bertz CT molecular complexity index is 434. The molecule has 0 radical (unpaired) electrons. The van der Waals surface area contributed by atoms with E-state index in [1.165, 1.54) is 24.9 Å². The fourth-order valence-electron chi connectivity index (χ4n) is 1.94. The van der Waals surface area contributed by atoms with Crippen LogP contribution in [0.4, 0.5) is 5.13 Å². The summed E-state index contributed by atoms with van der Waals surface area (Å²) in [5.41, 5.74) is 0.771. The largest absolute Gasteiger partial charge is 0.465 e. The van der Waals surface area contributed by atoms with E-state index in [2.05, 4.69) is 16.8 Å². The predicted octanol–water partition coefficient (Wildman–Crippen LogP) is 2.57. The van der Waals surface area contributed by atoms with E-state index in [1.54, 1.807) is 0 Å². The molecule has 100 valence electrons. The molecule has 2 rings (SSSR count). The van der Waals surface area contributed by atoms with Crippen molar-refractivity contribution in [1.82, 2.24) is 4.98 Å². The molecule has 1 aliphatic heterocycles. The zero-order chi connectivity index (χ0) is 13.1. The van der Waals surface area contributed by atoms with E-state index in [0.717, 1.165) is 29.7 Å². The van der Waals surface area contributed by atoms with Gasteiger partial charge in [0, 0.05) is 24.1 Å². The first-order valence-electron chi connectivity index (χ1n) is 6.08. The minimum absolute atomic E-state index is 0.283. The van der Waals surface area contributed by atoms with Crippen molar-refractivity contribution in [3.05, 3.63) is 10.6 Å². The zero-order valence-corrected chi connectivity index (χ0v) is 12.6. The van der Waals surface area contributed by atoms with E-state index in [1.807, 2.05) is 18.7 Å². The van der Waals surface area contributed by atoms with Crippen LogP contribution in [0, 0.1) is 6.92 Å². The number of anilines is 1. The highest BCUT2D eigenvalue weighted by Gasteiger charge is 2.24. The van der Waals surface area contributed by atoms with E-state index in [4.69, 9.17) is 4.74 Å². The Labute approximate surface area is 116 Å². The maximum Gasteiger partial charge on any atom is 0.350 e. The van der Waals surface area contributed by atoms with Crippen molar-refractivity contribution >= 4 is 34.2 Å². The number of nitrogens with zero attached hydrogens (tertiary/aromatic N) is 2. The minimum Gasteiger partial charge on any atom is -0.465 e. The summed E-state index contributed by atoms with van der Waals surface area (Å²) in [5.74, 6) is 0.847. The number of aryl methyl sites for hydroxylation is 1. The van der Waals surface area contributed by atoms with E-state index in [0.29, 0.717) is 10.1 Å². The zero-order valence-electron chi connectivity index (χ0n) is 10.9. The molecule has 1 aromatic rings. The summed E-state index contributed by atoms with van der Waals surface area (Å²) >= 11 is 3.47. The van der Waals surface area contributed by atoms with Gasteiger partial charge in [0.2, 0.25) is 0 Å². The average Bonchev–Trinajstić information content (AvgIpc) is 2.80. The highest BCUT2D eigenvalue weighted by atomic mass is 32.2. The van der Waals surface area contributed by atoms with Crippen molar-refractivity contribution in [1.29, 1.82) is 0 Å². The van der Waals surface area contributed by atoms with Gasteiger partial charge in [-0.2, -0.15) is 11.8 Å². The second-order valence-corrected chi connectivity index (χ2v) is 6.64. The lowest BCUT2D eigenvalue weighted by Crippen LogP contribution is -2.37. The minimum atomic E-state index is -0.283. The predicted molar refractivity (Wildman–Crippen MR) is 76.9 cm³/mol. The molecule has 1 aromatic heterocycles. The number of thiazole rings is 1. The van der Waals surface area contributed by atoms with Gasteiger partial charge in [-0.25, -0.2) is 9.78 Å². The fourth-order valence-corrected chi connectivity index (χ4v) is 4.14. The molecule has 0 saturated carbocycles. The van der Waals surface area contributed by atoms with Gasteiger partial charge in [0.15, 0.2) is 5.13 Å². The van der Waals surface area contributed by atoms with Gasteiger partial charge >= 0.3 is 5.97 Å². The van der Waals surface area contributed by atoms with Crippen LogP contribution in [0.5, 0.6) is 0 Å². The number of carbonyl (C=O) groups is 1. The number of rotatable bonds is 3. The van der Waals surface area contributed by atoms with Gasteiger partial charge in [-0.15, -0.1) is 0 Å². The van der Waals surface area contributed by atoms with Crippen LogP contribution in [0.25, 0.3) is 0 Å². The molecule has 18 heavy (non-hydrogen) atoms. The second-order valence-electron chi connectivity index (χ2n) is 4.25. The second kappa shape index (κ2) is 5.93. The van der Waals surface area contributed by atoms with E-state index < -0.39 is 0 Å². The summed E-state index contributed by atoms with van der Waals surface area (Å²) in [5, 5.41) is 1.62. The molecular weight excluding hydrogens is 268 g/mol. The maximum atomic E-state index is 11.6. The van der Waals surface area contributed by atoms with E-state index in [9.17, 15) is 4.79 Å². The smallest absolute Gasteiger partial charge is 0.350 e. The summed E-state index contributed by atoms with van der Waals surface area (Å²) in [4.78, 5) is 19.0. The van der Waals surface area contributed by atoms with Gasteiger partial charge in [-0.1, -0.05) is 18.3 Å². The summed E-state index contributed by atoms with van der Waals surface area (Å²) in [7, 11) is 1.41. The highest BCUT2D eigenvalue weighted by molar-refractivity contribution is 8.00. The lowest BCUT2D eigenvalue weighted by molar-refractivity contribution is 0.0605. The van der Waals surface area contributed by atoms with Crippen LogP contribution in [0.15, 0.2) is 0 Å². The number of thioether (sulfide) groups is 1. The Kier molecular flexibility index (Phi) is 4.50. The Morgan fingerprint density at radius 3 is 3.06 bits per heavy atom. The highest BCUT2D eigenvalue weighted by Crippen LogP contribution is 2.31. The molecule has 0 bridgehead atoms. The third-order valence-electron chi connectivity index (χ3n) is 3.02. The monoisotopic (exact) mass is 286 g/mol. The van der Waals surface area contributed by atoms with Crippen molar-refractivity contribution in [2.24, 2.45) is 0 Å². The molecule has 6 heteroatoms. The average molecular weight is 286 g/mol. The lowest BCUT2D eigenvalue weighted by Gasteiger charge is -2.31. The van der Waals surface area contributed by atoms with Crippen LogP contribution < -0.4 is 4.90 Å². The third kappa shape index (κ3) is 2.80. The first kappa shape index (κ1) is 13.7. The molecule has 1 fully saturated rings. The molecule has 0 amide bonds. The Morgan fingerprint density at radius 1 is 1.61 bits per heavy atom. The summed E-state index contributed by atoms with van der Waals surface area (Å²) in [6.45, 7) is 6.11. The van der Waals surface area contributed by atoms with Crippen LogP contribution in [0.3, 0.4) is 0 Å². The normalized spacial score (nSPS) is 19.9. The van der Waals surface area contributed by atoms with Crippen molar-refractivity contribution in [2.45, 2.75) is 25.5 Å². The van der Waals surface area contributed by atoms with Gasteiger partial charge in [-0.3, -0.25) is 0 Å². The van der Waals surface area contributed by atoms with E-state index in [-0.39, 0.29) is 5.97 Å². The maximum absolute atomic E-state index is 11.6. The molecule has 2 heterocycles. The van der Waals surface area contributed by atoms with Crippen LogP contribution in [-0.2, 0) is 4.74 Å². The van der Waals surface area contributed by atoms with Crippen molar-refractivity contribution in [3.8, 4) is 0 Å². The first-order chi connectivity index (χ1) is 8.65. The van der Waals surface area contributed by atoms with Crippen LogP contribution in [0.1, 0.15) is 28.7 Å². The standard InChI is InChI=1S/C12H18N2O2S2/c1-4-9-7-14(5-6-17-9)12-13-8(2)10(18-12)11(15)16-3/h9H,4-7H2,1-3H3. The number of esters is 1. The molecule has 1 saturated heterocycles. The quantitative estimate of drug-likeness (QED) is 0.799. The number of ether oxygens (including phenoxy) is 1. The first-order valence-corrected chi connectivity index (χ1v) is 7.94. The molecule has 0 aliphatic carbocycles. The molecule has 4 nitrogen and oxygen atoms in total. The Balaban J connectivity index is 2.16. The van der Waals surface area contributed by atoms with Crippen LogP contribution in [-0.4, -0.2) is 42.2 Å². The number of methoxy groups -OCH3 is 1. The van der Waals surface area contributed by atoms with Crippen molar-refractivity contribution in [2.75, 3.05) is 30.9 Å². The van der Waals surface area contributed by atoms with Gasteiger partial charge < -0.3 is 9.64 Å². The Morgan fingerprint density at radius 2 is 2.39 bits per heavy atom. The molecule has 1 aliphatic rings. The van der Waals surface area contributed by atoms with Crippen molar-refractivity contribution < 1.29 is 9.53 Å². The summed E-state index contributed by atoms with van der Waals surface area (Å²) in [6, 6.07) is 0. The molecule has 0 aromatic carbocycles. The molecule has 0 spiro atoms. The molecule has 0 N–H and O–H groups in total. The topological polar surface area (TPSA) is 42.4 Å². The van der Waals surface area contributed by atoms with E-state index >= 15 is 0 Å². The van der Waals surface area contributed by atoms with Crippen LogP contribution in [0.2, 0.25) is 0 Å². The number of hydrogen-bond acceptors (Lipinski definition) is 6. The number of aromatic nitrogens is 1. The SMILES string of the molecule is CCC1CN(c2nc(C)c(C(=O)OC)s2)CCS1.